The standard InChI is InChI=1S/C13H20N4O3/c1-13(2,3)6-11(19)14-7-9-16-12(20-17-9)8-4-5-10(18)15-8/h8H,4-7H2,1-3H3,(H,14,19)(H,15,18)/t8-/m0/s1. The van der Waals surface area contributed by atoms with Crippen LogP contribution < -0.4 is 10.6 Å². The molecule has 7 nitrogen and oxygen atoms in total. The SMILES string of the molecule is CC(C)(C)CC(=O)NCc1noc([C@@H]2CCC(=O)N2)n1. The molecule has 2 amide bonds. The maximum absolute atomic E-state index is 11.7. The summed E-state index contributed by atoms with van der Waals surface area (Å²) in [7, 11) is 0. The summed E-state index contributed by atoms with van der Waals surface area (Å²) in [4.78, 5) is 27.0. The first-order valence-corrected chi connectivity index (χ1v) is 6.72. The lowest BCUT2D eigenvalue weighted by Gasteiger charge is -2.16. The van der Waals surface area contributed by atoms with Gasteiger partial charge >= 0.3 is 0 Å². The van der Waals surface area contributed by atoms with E-state index in [2.05, 4.69) is 20.8 Å². The Morgan fingerprint density at radius 2 is 2.25 bits per heavy atom. The highest BCUT2D eigenvalue weighted by molar-refractivity contribution is 5.78. The zero-order valence-corrected chi connectivity index (χ0v) is 12.0. The van der Waals surface area contributed by atoms with Crippen molar-refractivity contribution in [1.29, 1.82) is 0 Å². The fraction of sp³-hybridized carbons (Fsp3) is 0.692. The van der Waals surface area contributed by atoms with Crippen LogP contribution in [0.5, 0.6) is 0 Å². The number of carbonyl (C=O) groups excluding carboxylic acids is 2. The van der Waals surface area contributed by atoms with Crippen LogP contribution in [-0.2, 0) is 16.1 Å². The van der Waals surface area contributed by atoms with E-state index < -0.39 is 0 Å². The van der Waals surface area contributed by atoms with Crippen molar-refractivity contribution in [1.82, 2.24) is 20.8 Å². The van der Waals surface area contributed by atoms with E-state index in [0.29, 0.717) is 31.0 Å². The number of carbonyl (C=O) groups is 2. The Labute approximate surface area is 117 Å². The molecule has 1 aliphatic rings. The van der Waals surface area contributed by atoms with E-state index in [4.69, 9.17) is 4.52 Å². The molecule has 0 aromatic carbocycles. The van der Waals surface area contributed by atoms with E-state index in [1.54, 1.807) is 0 Å². The molecule has 0 bridgehead atoms. The molecular formula is C13H20N4O3. The summed E-state index contributed by atoms with van der Waals surface area (Å²) >= 11 is 0. The fourth-order valence-electron chi connectivity index (χ4n) is 2.00. The Morgan fingerprint density at radius 3 is 2.85 bits per heavy atom. The molecule has 1 atom stereocenters. The average Bonchev–Trinajstić information content (AvgIpc) is 2.92. The first kappa shape index (κ1) is 14.5. The van der Waals surface area contributed by atoms with Crippen LogP contribution >= 0.6 is 0 Å². The van der Waals surface area contributed by atoms with Crippen LogP contribution in [0.15, 0.2) is 4.52 Å². The molecule has 2 rings (SSSR count). The van der Waals surface area contributed by atoms with Crippen molar-refractivity contribution in [3.63, 3.8) is 0 Å². The van der Waals surface area contributed by atoms with Crippen molar-refractivity contribution >= 4 is 11.8 Å². The highest BCUT2D eigenvalue weighted by atomic mass is 16.5. The Hall–Kier alpha value is -1.92. The van der Waals surface area contributed by atoms with Gasteiger partial charge in [-0.2, -0.15) is 4.98 Å². The van der Waals surface area contributed by atoms with Crippen LogP contribution in [0.25, 0.3) is 0 Å². The predicted molar refractivity (Wildman–Crippen MR) is 70.3 cm³/mol. The normalized spacial score (nSPS) is 18.9. The first-order valence-electron chi connectivity index (χ1n) is 6.72. The van der Waals surface area contributed by atoms with E-state index in [1.807, 2.05) is 20.8 Å². The molecule has 2 heterocycles. The molecule has 110 valence electrons. The van der Waals surface area contributed by atoms with E-state index in [1.165, 1.54) is 0 Å². The lowest BCUT2D eigenvalue weighted by atomic mass is 9.92. The second kappa shape index (κ2) is 5.60. The summed E-state index contributed by atoms with van der Waals surface area (Å²) in [5.41, 5.74) is -0.0549. The number of nitrogens with one attached hydrogen (secondary N) is 2. The Balaban J connectivity index is 1.84. The van der Waals surface area contributed by atoms with Gasteiger partial charge in [0.2, 0.25) is 17.7 Å². The monoisotopic (exact) mass is 280 g/mol. The summed E-state index contributed by atoms with van der Waals surface area (Å²) < 4.78 is 5.10. The van der Waals surface area contributed by atoms with Crippen molar-refractivity contribution in [2.24, 2.45) is 5.41 Å². The van der Waals surface area contributed by atoms with Gasteiger partial charge in [-0.1, -0.05) is 25.9 Å². The van der Waals surface area contributed by atoms with Crippen LogP contribution in [0.1, 0.15) is 57.8 Å². The third-order valence-electron chi connectivity index (χ3n) is 2.91. The van der Waals surface area contributed by atoms with E-state index in [-0.39, 0.29) is 29.8 Å². The van der Waals surface area contributed by atoms with Crippen molar-refractivity contribution in [3.05, 3.63) is 11.7 Å². The molecule has 0 unspecified atom stereocenters. The Bertz CT molecular complexity index is 504. The molecule has 1 aromatic heterocycles. The summed E-state index contributed by atoms with van der Waals surface area (Å²) in [6.45, 7) is 6.24. The van der Waals surface area contributed by atoms with Crippen LogP contribution in [0, 0.1) is 5.41 Å². The van der Waals surface area contributed by atoms with Crippen molar-refractivity contribution in [3.8, 4) is 0 Å². The average molecular weight is 280 g/mol. The molecule has 1 aliphatic heterocycles. The number of aromatic nitrogens is 2. The molecule has 0 saturated carbocycles. The zero-order chi connectivity index (χ0) is 14.8. The molecule has 0 spiro atoms. The van der Waals surface area contributed by atoms with Gasteiger partial charge in [0, 0.05) is 12.8 Å². The van der Waals surface area contributed by atoms with E-state index in [0.717, 1.165) is 0 Å². The second-order valence-electron chi connectivity index (χ2n) is 6.22. The quantitative estimate of drug-likeness (QED) is 0.860. The Morgan fingerprint density at radius 1 is 1.50 bits per heavy atom. The number of hydrogen-bond donors (Lipinski definition) is 2. The van der Waals surface area contributed by atoms with Gasteiger partial charge in [-0.15, -0.1) is 0 Å². The molecular weight excluding hydrogens is 260 g/mol. The van der Waals surface area contributed by atoms with Gasteiger partial charge < -0.3 is 15.2 Å². The minimum absolute atomic E-state index is 0.00627. The Kier molecular flexibility index (Phi) is 4.06. The molecule has 0 radical (unpaired) electrons. The summed E-state index contributed by atoms with van der Waals surface area (Å²) in [6.07, 6.45) is 1.58. The van der Waals surface area contributed by atoms with Gasteiger partial charge in [0.05, 0.1) is 6.54 Å². The van der Waals surface area contributed by atoms with Crippen LogP contribution in [-0.4, -0.2) is 22.0 Å². The molecule has 1 saturated heterocycles. The molecule has 7 heteroatoms. The van der Waals surface area contributed by atoms with Crippen molar-refractivity contribution in [2.75, 3.05) is 0 Å². The van der Waals surface area contributed by atoms with E-state index >= 15 is 0 Å². The van der Waals surface area contributed by atoms with Crippen molar-refractivity contribution in [2.45, 2.75) is 52.6 Å². The number of rotatable bonds is 4. The molecule has 0 aliphatic carbocycles. The number of nitrogens with zero attached hydrogens (tertiary/aromatic N) is 2. The molecule has 1 aromatic rings. The lowest BCUT2D eigenvalue weighted by Crippen LogP contribution is -2.27. The maximum atomic E-state index is 11.7. The van der Waals surface area contributed by atoms with Gasteiger partial charge in [-0.3, -0.25) is 9.59 Å². The van der Waals surface area contributed by atoms with Crippen molar-refractivity contribution < 1.29 is 14.1 Å². The largest absolute Gasteiger partial charge is 0.349 e. The third kappa shape index (κ3) is 4.04. The zero-order valence-electron chi connectivity index (χ0n) is 12.0. The van der Waals surface area contributed by atoms with Gasteiger partial charge in [0.15, 0.2) is 5.82 Å². The minimum atomic E-state index is -0.200. The van der Waals surface area contributed by atoms with E-state index in [9.17, 15) is 9.59 Å². The maximum Gasteiger partial charge on any atom is 0.249 e. The van der Waals surface area contributed by atoms with Gasteiger partial charge in [0.25, 0.3) is 0 Å². The number of hydrogen-bond acceptors (Lipinski definition) is 5. The highest BCUT2D eigenvalue weighted by Gasteiger charge is 2.27. The smallest absolute Gasteiger partial charge is 0.249 e. The predicted octanol–water partition coefficient (Wildman–Crippen LogP) is 1.07. The molecule has 20 heavy (non-hydrogen) atoms. The topological polar surface area (TPSA) is 97.1 Å². The molecule has 1 fully saturated rings. The van der Waals surface area contributed by atoms with Crippen LogP contribution in [0.4, 0.5) is 0 Å². The first-order chi connectivity index (χ1) is 9.33. The second-order valence-corrected chi connectivity index (χ2v) is 6.22. The van der Waals surface area contributed by atoms with Gasteiger partial charge in [-0.25, -0.2) is 0 Å². The fourth-order valence-corrected chi connectivity index (χ4v) is 2.00. The lowest BCUT2D eigenvalue weighted by molar-refractivity contribution is -0.123. The summed E-state index contributed by atoms with van der Waals surface area (Å²) in [5.74, 6) is 0.769. The summed E-state index contributed by atoms with van der Waals surface area (Å²) in [6, 6.07) is -0.200. The molecule has 2 N–H and O–H groups in total. The highest BCUT2D eigenvalue weighted by Crippen LogP contribution is 2.22. The number of amides is 2. The third-order valence-corrected chi connectivity index (χ3v) is 2.91. The minimum Gasteiger partial charge on any atom is -0.349 e. The van der Waals surface area contributed by atoms with Gasteiger partial charge in [-0.05, 0) is 11.8 Å². The van der Waals surface area contributed by atoms with Crippen LogP contribution in [0.3, 0.4) is 0 Å². The summed E-state index contributed by atoms with van der Waals surface area (Å²) in [5, 5.41) is 9.32. The van der Waals surface area contributed by atoms with Gasteiger partial charge in [0.1, 0.15) is 6.04 Å². The van der Waals surface area contributed by atoms with Crippen LogP contribution in [0.2, 0.25) is 0 Å².